The molecule has 150 valence electrons. The van der Waals surface area contributed by atoms with Gasteiger partial charge in [0.15, 0.2) is 0 Å². The van der Waals surface area contributed by atoms with E-state index >= 15 is 0 Å². The largest absolute Gasteiger partial charge is 0.343 e. The molecule has 1 unspecified atom stereocenters. The molecule has 2 fully saturated rings. The van der Waals surface area contributed by atoms with Crippen molar-refractivity contribution in [2.24, 2.45) is 40.4 Å². The molecular weight excluding hydrogens is 312 g/mol. The Bertz CT molecular complexity index is 413. The van der Waals surface area contributed by atoms with Crippen LogP contribution in [0.4, 0.5) is 0 Å². The van der Waals surface area contributed by atoms with Crippen molar-refractivity contribution in [2.75, 3.05) is 0 Å². The topological polar surface area (TPSA) is 0 Å². The standard InChI is InChI=1S/C26H46/c1-8-20-11-15-24(16-12-20)26(6,7)19-21(9-2)22-13-17-23(18-14-22)25(4,5)10-3/h8,20-24H,1-3,9-19H2,4-7H3. The van der Waals surface area contributed by atoms with Gasteiger partial charge < -0.3 is 6.92 Å². The first-order valence-electron chi connectivity index (χ1n) is 11.4. The van der Waals surface area contributed by atoms with Gasteiger partial charge in [-0.1, -0.05) is 39.7 Å². The third-order valence-electron chi connectivity index (χ3n) is 8.56. The molecule has 0 heteroatoms. The van der Waals surface area contributed by atoms with Crippen molar-refractivity contribution in [2.45, 2.75) is 98.3 Å². The molecule has 0 nitrogen and oxygen atoms in total. The van der Waals surface area contributed by atoms with Crippen LogP contribution in [0.1, 0.15) is 98.3 Å². The minimum Gasteiger partial charge on any atom is -0.343 e. The average molecular weight is 359 g/mol. The Hall–Kier alpha value is -0.390. The van der Waals surface area contributed by atoms with Crippen molar-refractivity contribution in [3.63, 3.8) is 0 Å². The van der Waals surface area contributed by atoms with Gasteiger partial charge in [0.1, 0.15) is 0 Å². The summed E-state index contributed by atoms with van der Waals surface area (Å²) in [5.74, 6) is 4.29. The smallest absolute Gasteiger partial charge is 0.0904 e. The highest BCUT2D eigenvalue weighted by atomic mass is 14.4. The van der Waals surface area contributed by atoms with E-state index < -0.39 is 0 Å². The number of hydrogen-bond donors (Lipinski definition) is 0. The fourth-order valence-electron chi connectivity index (χ4n) is 6.06. The van der Waals surface area contributed by atoms with Crippen molar-refractivity contribution in [3.05, 3.63) is 26.5 Å². The Balaban J connectivity index is 1.89. The maximum atomic E-state index is 4.38. The van der Waals surface area contributed by atoms with Crippen LogP contribution in [0.25, 0.3) is 0 Å². The molecule has 0 amide bonds. The lowest BCUT2D eigenvalue weighted by Crippen LogP contribution is -2.34. The van der Waals surface area contributed by atoms with E-state index in [1.165, 1.54) is 57.8 Å². The highest BCUT2D eigenvalue weighted by Gasteiger charge is 2.38. The first kappa shape index (κ1) is 21.9. The van der Waals surface area contributed by atoms with Crippen molar-refractivity contribution < 1.29 is 0 Å². The normalized spacial score (nSPS) is 32.2. The van der Waals surface area contributed by atoms with Gasteiger partial charge in [0.2, 0.25) is 0 Å². The summed E-state index contributed by atoms with van der Waals surface area (Å²) >= 11 is 0. The van der Waals surface area contributed by atoms with Gasteiger partial charge in [0.05, 0.1) is 13.3 Å². The summed E-state index contributed by atoms with van der Waals surface area (Å²) in [6, 6.07) is 0. The summed E-state index contributed by atoms with van der Waals surface area (Å²) < 4.78 is 0. The van der Waals surface area contributed by atoms with Gasteiger partial charge in [0, 0.05) is 5.41 Å². The first-order valence-corrected chi connectivity index (χ1v) is 11.4. The van der Waals surface area contributed by atoms with Gasteiger partial charge in [-0.05, 0) is 86.9 Å². The lowest BCUT2D eigenvalue weighted by atomic mass is 9.61. The van der Waals surface area contributed by atoms with Crippen LogP contribution in [-0.4, -0.2) is 0 Å². The lowest BCUT2D eigenvalue weighted by Gasteiger charge is -2.45. The molecule has 0 aromatic carbocycles. The van der Waals surface area contributed by atoms with Gasteiger partial charge in [0.25, 0.3) is 0 Å². The van der Waals surface area contributed by atoms with Gasteiger partial charge >= 0.3 is 0 Å². The molecule has 1 atom stereocenters. The summed E-state index contributed by atoms with van der Waals surface area (Å²) in [5.41, 5.74) is 0.895. The molecular formula is C26H46. The van der Waals surface area contributed by atoms with E-state index in [4.69, 9.17) is 0 Å². The third-order valence-corrected chi connectivity index (χ3v) is 8.56. The molecule has 2 aliphatic carbocycles. The van der Waals surface area contributed by atoms with E-state index in [0.717, 1.165) is 42.4 Å². The van der Waals surface area contributed by atoms with Crippen LogP contribution in [0, 0.1) is 54.3 Å². The van der Waals surface area contributed by atoms with Crippen LogP contribution in [0.15, 0.2) is 12.7 Å². The van der Waals surface area contributed by atoms with Crippen molar-refractivity contribution in [1.82, 2.24) is 0 Å². The van der Waals surface area contributed by atoms with E-state index in [2.05, 4.69) is 54.2 Å². The van der Waals surface area contributed by atoms with Crippen LogP contribution >= 0.6 is 0 Å². The first-order chi connectivity index (χ1) is 12.2. The monoisotopic (exact) mass is 358 g/mol. The highest BCUT2D eigenvalue weighted by molar-refractivity contribution is 4.92. The second-order valence-electron chi connectivity index (χ2n) is 10.9. The van der Waals surface area contributed by atoms with Gasteiger partial charge in [-0.2, -0.15) is 6.42 Å². The zero-order chi connectivity index (χ0) is 19.4. The van der Waals surface area contributed by atoms with Crippen LogP contribution < -0.4 is 0 Å². The molecule has 0 aromatic rings. The van der Waals surface area contributed by atoms with Crippen LogP contribution in [0.3, 0.4) is 0 Å². The molecule has 0 spiro atoms. The predicted molar refractivity (Wildman–Crippen MR) is 117 cm³/mol. The zero-order valence-electron chi connectivity index (χ0n) is 18.4. The Kier molecular flexibility index (Phi) is 7.75. The molecule has 0 heterocycles. The summed E-state index contributed by atoms with van der Waals surface area (Å²) in [5, 5.41) is 0. The minimum atomic E-state index is 0.425. The molecule has 2 rings (SSSR count). The van der Waals surface area contributed by atoms with E-state index in [1.807, 2.05) is 0 Å². The molecule has 0 aromatic heterocycles. The second kappa shape index (κ2) is 9.20. The van der Waals surface area contributed by atoms with E-state index in [0.29, 0.717) is 10.8 Å². The molecule has 26 heavy (non-hydrogen) atoms. The fourth-order valence-corrected chi connectivity index (χ4v) is 6.06. The summed E-state index contributed by atoms with van der Waals surface area (Å²) in [7, 11) is 0. The second-order valence-corrected chi connectivity index (χ2v) is 10.9. The molecule has 0 radical (unpaired) electrons. The van der Waals surface area contributed by atoms with E-state index in [1.54, 1.807) is 0 Å². The van der Waals surface area contributed by atoms with Crippen molar-refractivity contribution in [3.8, 4) is 0 Å². The number of rotatable bonds is 8. The van der Waals surface area contributed by atoms with E-state index in [-0.39, 0.29) is 0 Å². The lowest BCUT2D eigenvalue weighted by molar-refractivity contribution is 0.0653. The minimum absolute atomic E-state index is 0.425. The fraction of sp³-hybridized carbons (Fsp3) is 0.846. The molecule has 2 saturated carbocycles. The van der Waals surface area contributed by atoms with Crippen LogP contribution in [0.2, 0.25) is 0 Å². The Labute approximate surface area is 165 Å². The van der Waals surface area contributed by atoms with Gasteiger partial charge in [-0.25, -0.2) is 0 Å². The summed E-state index contributed by atoms with van der Waals surface area (Å²) in [4.78, 5) is 0. The summed E-state index contributed by atoms with van der Waals surface area (Å²) in [6.45, 7) is 22.5. The van der Waals surface area contributed by atoms with Crippen molar-refractivity contribution >= 4 is 0 Å². The quantitative estimate of drug-likeness (QED) is 0.302. The SMILES string of the molecule is C=CC1CCC(C(C)(C)CC(C[CH2-])C2CCC(C(C)(C)C[CH2+])CC2)CC1. The maximum absolute atomic E-state index is 4.38. The van der Waals surface area contributed by atoms with Gasteiger partial charge in [-0.15, -0.1) is 6.58 Å². The Morgan fingerprint density at radius 3 is 1.88 bits per heavy atom. The Morgan fingerprint density at radius 1 is 0.923 bits per heavy atom. The van der Waals surface area contributed by atoms with Gasteiger partial charge in [-0.3, -0.25) is 0 Å². The summed E-state index contributed by atoms with van der Waals surface area (Å²) in [6.07, 6.45) is 17.0. The van der Waals surface area contributed by atoms with E-state index in [9.17, 15) is 0 Å². The number of allylic oxidation sites excluding steroid dienone is 1. The van der Waals surface area contributed by atoms with Crippen LogP contribution in [-0.2, 0) is 0 Å². The zero-order valence-corrected chi connectivity index (χ0v) is 18.4. The number of hydrogen-bond acceptors (Lipinski definition) is 0. The molecule has 0 aliphatic heterocycles. The Morgan fingerprint density at radius 2 is 1.42 bits per heavy atom. The molecule has 0 saturated heterocycles. The highest BCUT2D eigenvalue weighted by Crippen LogP contribution is 2.49. The molecule has 0 bridgehead atoms. The van der Waals surface area contributed by atoms with Crippen LogP contribution in [0.5, 0.6) is 0 Å². The average Bonchev–Trinajstić information content (AvgIpc) is 2.66. The maximum Gasteiger partial charge on any atom is 0.0904 e. The molecule has 0 N–H and O–H groups in total. The molecule has 2 aliphatic rings. The predicted octanol–water partition coefficient (Wildman–Crippen LogP) is 8.29. The van der Waals surface area contributed by atoms with Crippen molar-refractivity contribution in [1.29, 1.82) is 0 Å². The third kappa shape index (κ3) is 5.32.